The number of hydrogen-bond acceptors (Lipinski definition) is 4. The molecule has 26 heavy (non-hydrogen) atoms. The Kier molecular flexibility index (Phi) is 6.29. The fraction of sp³-hybridized carbons (Fsp3) is 0.600. The van der Waals surface area contributed by atoms with Crippen LogP contribution in [-0.2, 0) is 14.0 Å². The molecule has 0 N–H and O–H groups in total. The lowest BCUT2D eigenvalue weighted by Gasteiger charge is -2.38. The third kappa shape index (κ3) is 4.54. The van der Waals surface area contributed by atoms with Crippen molar-refractivity contribution in [3.05, 3.63) is 29.8 Å². The predicted octanol–water partition coefficient (Wildman–Crippen LogP) is 4.38. The van der Waals surface area contributed by atoms with E-state index in [9.17, 15) is 9.59 Å². The molecule has 2 rings (SSSR count). The summed E-state index contributed by atoms with van der Waals surface area (Å²) in [5.41, 5.74) is 1.31. The molecule has 1 fully saturated rings. The Morgan fingerprint density at radius 1 is 1.23 bits per heavy atom. The number of nitrogens with zero attached hydrogens (tertiary/aromatic N) is 1. The molecule has 0 aliphatic carbocycles. The highest BCUT2D eigenvalue weighted by molar-refractivity contribution is 6.74. The van der Waals surface area contributed by atoms with Crippen LogP contribution in [-0.4, -0.2) is 39.4 Å². The molecule has 0 aromatic heterocycles. The summed E-state index contributed by atoms with van der Waals surface area (Å²) in [5, 5.41) is 0.141. The number of carbonyl (C=O) groups is 2. The Morgan fingerprint density at radius 2 is 1.85 bits per heavy atom. The lowest BCUT2D eigenvalue weighted by Crippen LogP contribution is -2.45. The SMILES string of the molecule is CCOC(=O)c1ccc(N2C(=O)CC[C@H]2CO[Si](C)(C)C(C)(C)C)cc1. The minimum absolute atomic E-state index is 0.0464. The van der Waals surface area contributed by atoms with Crippen molar-refractivity contribution >= 4 is 25.9 Å². The Bertz CT molecular complexity index is 649. The van der Waals surface area contributed by atoms with Gasteiger partial charge in [0, 0.05) is 12.1 Å². The third-order valence-electron chi connectivity index (χ3n) is 5.42. The maximum atomic E-state index is 12.4. The number of anilines is 1. The zero-order valence-electron chi connectivity index (χ0n) is 16.8. The molecule has 0 saturated carbocycles. The van der Waals surface area contributed by atoms with Gasteiger partial charge in [0.05, 0.1) is 24.8 Å². The second-order valence-electron chi connectivity index (χ2n) is 8.29. The summed E-state index contributed by atoms with van der Waals surface area (Å²) in [6.07, 6.45) is 1.33. The van der Waals surface area contributed by atoms with Gasteiger partial charge >= 0.3 is 5.97 Å². The highest BCUT2D eigenvalue weighted by Crippen LogP contribution is 2.37. The maximum absolute atomic E-state index is 12.4. The minimum atomic E-state index is -1.86. The Hall–Kier alpha value is -1.66. The van der Waals surface area contributed by atoms with Gasteiger partial charge in [-0.3, -0.25) is 4.79 Å². The topological polar surface area (TPSA) is 55.8 Å². The van der Waals surface area contributed by atoms with E-state index in [2.05, 4.69) is 33.9 Å². The molecular formula is C20H31NO4Si. The molecule has 1 aromatic rings. The summed E-state index contributed by atoms with van der Waals surface area (Å²) in [5.74, 6) is -0.234. The number of hydrogen-bond donors (Lipinski definition) is 0. The fourth-order valence-electron chi connectivity index (χ4n) is 2.75. The monoisotopic (exact) mass is 377 g/mol. The van der Waals surface area contributed by atoms with Crippen LogP contribution in [0.2, 0.25) is 18.1 Å². The summed E-state index contributed by atoms with van der Waals surface area (Å²) in [6, 6.07) is 7.10. The molecular weight excluding hydrogens is 346 g/mol. The van der Waals surface area contributed by atoms with Crippen LogP contribution in [0.4, 0.5) is 5.69 Å². The van der Waals surface area contributed by atoms with Crippen LogP contribution in [0.3, 0.4) is 0 Å². The van der Waals surface area contributed by atoms with Gasteiger partial charge in [0.1, 0.15) is 0 Å². The lowest BCUT2D eigenvalue weighted by molar-refractivity contribution is -0.117. The van der Waals surface area contributed by atoms with E-state index in [-0.39, 0.29) is 23.0 Å². The smallest absolute Gasteiger partial charge is 0.338 e. The lowest BCUT2D eigenvalue weighted by atomic mass is 10.1. The molecule has 0 unspecified atom stereocenters. The first-order valence-electron chi connectivity index (χ1n) is 9.30. The zero-order valence-corrected chi connectivity index (χ0v) is 17.8. The third-order valence-corrected chi connectivity index (χ3v) is 9.93. The number of rotatable bonds is 6. The van der Waals surface area contributed by atoms with Crippen molar-refractivity contribution in [2.75, 3.05) is 18.1 Å². The molecule has 0 radical (unpaired) electrons. The van der Waals surface area contributed by atoms with Crippen LogP contribution >= 0.6 is 0 Å². The normalized spacial score (nSPS) is 18.3. The van der Waals surface area contributed by atoms with Gasteiger partial charge < -0.3 is 14.1 Å². The Morgan fingerprint density at radius 3 is 2.38 bits per heavy atom. The molecule has 1 atom stereocenters. The molecule has 1 aromatic carbocycles. The van der Waals surface area contributed by atoms with Crippen LogP contribution in [0.25, 0.3) is 0 Å². The second kappa shape index (κ2) is 7.92. The van der Waals surface area contributed by atoms with Crippen molar-refractivity contribution in [2.45, 2.75) is 64.7 Å². The van der Waals surface area contributed by atoms with Gasteiger partial charge in [-0.25, -0.2) is 4.79 Å². The zero-order chi connectivity index (χ0) is 19.5. The van der Waals surface area contributed by atoms with E-state index in [1.54, 1.807) is 19.1 Å². The first kappa shape index (κ1) is 20.6. The van der Waals surface area contributed by atoms with Crippen LogP contribution in [0.5, 0.6) is 0 Å². The summed E-state index contributed by atoms with van der Waals surface area (Å²) >= 11 is 0. The molecule has 1 saturated heterocycles. The average molecular weight is 378 g/mol. The maximum Gasteiger partial charge on any atom is 0.338 e. The molecule has 1 heterocycles. The van der Waals surface area contributed by atoms with E-state index >= 15 is 0 Å². The van der Waals surface area contributed by atoms with Crippen LogP contribution in [0.15, 0.2) is 24.3 Å². The van der Waals surface area contributed by atoms with E-state index in [1.165, 1.54) is 0 Å². The second-order valence-corrected chi connectivity index (χ2v) is 13.1. The van der Waals surface area contributed by atoms with Crippen molar-refractivity contribution < 1.29 is 18.8 Å². The van der Waals surface area contributed by atoms with E-state index < -0.39 is 8.32 Å². The van der Waals surface area contributed by atoms with Crippen LogP contribution in [0, 0.1) is 0 Å². The van der Waals surface area contributed by atoms with Crippen molar-refractivity contribution in [1.29, 1.82) is 0 Å². The number of carbonyl (C=O) groups excluding carboxylic acids is 2. The summed E-state index contributed by atoms with van der Waals surface area (Å²) in [7, 11) is -1.86. The number of esters is 1. The molecule has 6 heteroatoms. The highest BCUT2D eigenvalue weighted by atomic mass is 28.4. The van der Waals surface area contributed by atoms with Gasteiger partial charge in [-0.05, 0) is 55.7 Å². The van der Waals surface area contributed by atoms with Crippen LogP contribution in [0.1, 0.15) is 50.9 Å². The van der Waals surface area contributed by atoms with Crippen LogP contribution < -0.4 is 4.90 Å². The van der Waals surface area contributed by atoms with E-state index in [0.29, 0.717) is 25.2 Å². The van der Waals surface area contributed by atoms with E-state index in [0.717, 1.165) is 12.1 Å². The summed E-state index contributed by atoms with van der Waals surface area (Å²) in [6.45, 7) is 13.8. The number of ether oxygens (including phenoxy) is 1. The number of benzene rings is 1. The predicted molar refractivity (Wildman–Crippen MR) is 106 cm³/mol. The average Bonchev–Trinajstić information content (AvgIpc) is 2.93. The molecule has 0 bridgehead atoms. The standard InChI is InChI=1S/C20H31NO4Si/c1-7-24-19(23)15-8-10-16(11-9-15)21-17(12-13-18(21)22)14-25-26(5,6)20(2,3)4/h8-11,17H,7,12-14H2,1-6H3/t17-/m0/s1. The van der Waals surface area contributed by atoms with Gasteiger partial charge in [-0.15, -0.1) is 0 Å². The molecule has 0 spiro atoms. The van der Waals surface area contributed by atoms with Crippen molar-refractivity contribution in [1.82, 2.24) is 0 Å². The summed E-state index contributed by atoms with van der Waals surface area (Å²) in [4.78, 5) is 26.0. The van der Waals surface area contributed by atoms with Gasteiger partial charge in [0.15, 0.2) is 8.32 Å². The van der Waals surface area contributed by atoms with Gasteiger partial charge in [0.25, 0.3) is 0 Å². The molecule has 144 valence electrons. The molecule has 1 aliphatic heterocycles. The number of amides is 1. The van der Waals surface area contributed by atoms with Crippen molar-refractivity contribution in [2.24, 2.45) is 0 Å². The van der Waals surface area contributed by atoms with E-state index in [4.69, 9.17) is 9.16 Å². The van der Waals surface area contributed by atoms with Gasteiger partial charge in [-0.2, -0.15) is 0 Å². The van der Waals surface area contributed by atoms with Gasteiger partial charge in [-0.1, -0.05) is 20.8 Å². The Balaban J connectivity index is 2.11. The molecule has 1 amide bonds. The molecule has 1 aliphatic rings. The molecule has 5 nitrogen and oxygen atoms in total. The summed E-state index contributed by atoms with van der Waals surface area (Å²) < 4.78 is 11.4. The Labute approximate surface area is 157 Å². The first-order valence-corrected chi connectivity index (χ1v) is 12.2. The van der Waals surface area contributed by atoms with Gasteiger partial charge in [0.2, 0.25) is 5.91 Å². The highest BCUT2D eigenvalue weighted by Gasteiger charge is 2.40. The van der Waals surface area contributed by atoms with Crippen molar-refractivity contribution in [3.63, 3.8) is 0 Å². The quantitative estimate of drug-likeness (QED) is 0.545. The minimum Gasteiger partial charge on any atom is -0.462 e. The largest absolute Gasteiger partial charge is 0.462 e. The van der Waals surface area contributed by atoms with E-state index in [1.807, 2.05) is 17.0 Å². The van der Waals surface area contributed by atoms with Crippen molar-refractivity contribution in [3.8, 4) is 0 Å². The first-order chi connectivity index (χ1) is 12.1. The fourth-order valence-corrected chi connectivity index (χ4v) is 3.79.